The van der Waals surface area contributed by atoms with E-state index in [1.807, 2.05) is 20.8 Å². The molecule has 0 spiro atoms. The molecular formula is C19H24N6O. The van der Waals surface area contributed by atoms with E-state index in [-0.39, 0.29) is 0 Å². The van der Waals surface area contributed by atoms with Crippen molar-refractivity contribution in [1.29, 1.82) is 0 Å². The van der Waals surface area contributed by atoms with E-state index < -0.39 is 0 Å². The number of aryl methyl sites for hydroxylation is 2. The first-order valence-electron chi connectivity index (χ1n) is 9.08. The van der Waals surface area contributed by atoms with Crippen molar-refractivity contribution in [2.75, 3.05) is 24.6 Å². The Hall–Kier alpha value is -2.70. The number of hydrogen-bond acceptors (Lipinski definition) is 6. The standard InChI is InChI=1S/C19H24N6O/c1-12-8-16-17(24-12)18(22-11-21-16)25-6-4-15(5-7-25)9-26-19-13(2)14(3)20-10-23-19/h8,10-11,15,24H,4-7,9H2,1-3H3. The van der Waals surface area contributed by atoms with Gasteiger partial charge in [-0.2, -0.15) is 0 Å². The topological polar surface area (TPSA) is 79.8 Å². The number of rotatable bonds is 4. The van der Waals surface area contributed by atoms with E-state index >= 15 is 0 Å². The Bertz CT molecular complexity index is 914. The van der Waals surface area contributed by atoms with Crippen molar-refractivity contribution in [3.05, 3.63) is 35.7 Å². The average Bonchev–Trinajstić information content (AvgIpc) is 3.03. The number of anilines is 1. The van der Waals surface area contributed by atoms with Crippen molar-refractivity contribution in [2.24, 2.45) is 5.92 Å². The summed E-state index contributed by atoms with van der Waals surface area (Å²) in [5, 5.41) is 0. The van der Waals surface area contributed by atoms with Crippen molar-refractivity contribution in [3.63, 3.8) is 0 Å². The zero-order valence-corrected chi connectivity index (χ0v) is 15.5. The summed E-state index contributed by atoms with van der Waals surface area (Å²) in [7, 11) is 0. The van der Waals surface area contributed by atoms with Gasteiger partial charge in [-0.15, -0.1) is 0 Å². The smallest absolute Gasteiger partial charge is 0.219 e. The summed E-state index contributed by atoms with van der Waals surface area (Å²) in [4.78, 5) is 23.0. The molecule has 7 nitrogen and oxygen atoms in total. The van der Waals surface area contributed by atoms with Crippen LogP contribution in [0.15, 0.2) is 18.7 Å². The molecule has 7 heteroatoms. The van der Waals surface area contributed by atoms with Crippen molar-refractivity contribution >= 4 is 16.9 Å². The van der Waals surface area contributed by atoms with Gasteiger partial charge in [0.1, 0.15) is 18.2 Å². The predicted octanol–water partition coefficient (Wildman–Crippen LogP) is 2.97. The van der Waals surface area contributed by atoms with Crippen LogP contribution in [0.3, 0.4) is 0 Å². The van der Waals surface area contributed by atoms with Gasteiger partial charge in [-0.1, -0.05) is 0 Å². The summed E-state index contributed by atoms with van der Waals surface area (Å²) in [6.45, 7) is 8.68. The lowest BCUT2D eigenvalue weighted by Crippen LogP contribution is -2.36. The summed E-state index contributed by atoms with van der Waals surface area (Å²) in [6, 6.07) is 2.06. The molecule has 1 saturated heterocycles. The van der Waals surface area contributed by atoms with Gasteiger partial charge < -0.3 is 14.6 Å². The van der Waals surface area contributed by atoms with E-state index in [1.165, 1.54) is 0 Å². The van der Waals surface area contributed by atoms with Crippen LogP contribution in [-0.4, -0.2) is 44.6 Å². The molecule has 1 N–H and O–H groups in total. The number of nitrogens with zero attached hydrogens (tertiary/aromatic N) is 5. The Morgan fingerprint density at radius 2 is 1.85 bits per heavy atom. The molecule has 1 aliphatic rings. The Balaban J connectivity index is 1.39. The second kappa shape index (κ2) is 6.90. The second-order valence-corrected chi connectivity index (χ2v) is 7.04. The molecule has 0 saturated carbocycles. The summed E-state index contributed by atoms with van der Waals surface area (Å²) in [6.07, 6.45) is 5.38. The maximum Gasteiger partial charge on any atom is 0.219 e. The SMILES string of the molecule is Cc1cc2ncnc(N3CCC(COc4ncnc(C)c4C)CC3)c2[nH]1. The van der Waals surface area contributed by atoms with Gasteiger partial charge in [-0.3, -0.25) is 0 Å². The molecule has 1 fully saturated rings. The highest BCUT2D eigenvalue weighted by Gasteiger charge is 2.23. The quantitative estimate of drug-likeness (QED) is 0.777. The number of ether oxygens (including phenoxy) is 1. The summed E-state index contributed by atoms with van der Waals surface area (Å²) >= 11 is 0. The molecule has 0 unspecified atom stereocenters. The fourth-order valence-corrected chi connectivity index (χ4v) is 3.47. The predicted molar refractivity (Wildman–Crippen MR) is 101 cm³/mol. The first kappa shape index (κ1) is 16.8. The third kappa shape index (κ3) is 3.21. The minimum atomic E-state index is 0.531. The van der Waals surface area contributed by atoms with E-state index in [2.05, 4.69) is 35.9 Å². The lowest BCUT2D eigenvalue weighted by molar-refractivity contribution is 0.214. The molecule has 26 heavy (non-hydrogen) atoms. The van der Waals surface area contributed by atoms with Gasteiger partial charge >= 0.3 is 0 Å². The molecule has 136 valence electrons. The molecule has 4 rings (SSSR count). The fourth-order valence-electron chi connectivity index (χ4n) is 3.47. The molecule has 0 amide bonds. The normalized spacial score (nSPS) is 15.6. The molecule has 0 aromatic carbocycles. The highest BCUT2D eigenvalue weighted by atomic mass is 16.5. The first-order valence-corrected chi connectivity index (χ1v) is 9.08. The molecule has 0 bridgehead atoms. The molecule has 0 aliphatic carbocycles. The summed E-state index contributed by atoms with van der Waals surface area (Å²) < 4.78 is 5.97. The second-order valence-electron chi connectivity index (χ2n) is 7.04. The highest BCUT2D eigenvalue weighted by molar-refractivity contribution is 5.86. The van der Waals surface area contributed by atoms with Crippen LogP contribution in [0, 0.1) is 26.7 Å². The van der Waals surface area contributed by atoms with Crippen LogP contribution < -0.4 is 9.64 Å². The largest absolute Gasteiger partial charge is 0.477 e. The lowest BCUT2D eigenvalue weighted by atomic mass is 9.98. The van der Waals surface area contributed by atoms with Crippen LogP contribution in [0.5, 0.6) is 5.88 Å². The summed E-state index contributed by atoms with van der Waals surface area (Å²) in [5.74, 6) is 2.24. The van der Waals surface area contributed by atoms with Gasteiger partial charge in [0.05, 0.1) is 12.1 Å². The third-order valence-corrected chi connectivity index (χ3v) is 5.19. The number of piperidine rings is 1. The maximum atomic E-state index is 5.97. The van der Waals surface area contributed by atoms with Gasteiger partial charge in [0.25, 0.3) is 0 Å². The van der Waals surface area contributed by atoms with E-state index in [0.717, 1.165) is 59.7 Å². The maximum absolute atomic E-state index is 5.97. The minimum Gasteiger partial charge on any atom is -0.477 e. The van der Waals surface area contributed by atoms with Gasteiger partial charge in [-0.05, 0) is 45.6 Å². The first-order chi connectivity index (χ1) is 12.6. The molecule has 1 aliphatic heterocycles. The van der Waals surface area contributed by atoms with E-state index in [0.29, 0.717) is 18.4 Å². The Kier molecular flexibility index (Phi) is 4.44. The van der Waals surface area contributed by atoms with Crippen molar-refractivity contribution in [2.45, 2.75) is 33.6 Å². The highest BCUT2D eigenvalue weighted by Crippen LogP contribution is 2.28. The number of H-pyrrole nitrogens is 1. The molecule has 0 radical (unpaired) electrons. The monoisotopic (exact) mass is 352 g/mol. The summed E-state index contributed by atoms with van der Waals surface area (Å²) in [5.41, 5.74) is 5.12. The zero-order chi connectivity index (χ0) is 18.1. The van der Waals surface area contributed by atoms with Crippen LogP contribution in [0.2, 0.25) is 0 Å². The van der Waals surface area contributed by atoms with Gasteiger partial charge in [0, 0.05) is 30.0 Å². The Morgan fingerprint density at radius 1 is 1.08 bits per heavy atom. The Labute approximate surface area is 152 Å². The van der Waals surface area contributed by atoms with Crippen LogP contribution >= 0.6 is 0 Å². The fraction of sp³-hybridized carbons (Fsp3) is 0.474. The number of aromatic amines is 1. The molecule has 0 atom stereocenters. The van der Waals surface area contributed by atoms with E-state index in [4.69, 9.17) is 4.74 Å². The minimum absolute atomic E-state index is 0.531. The van der Waals surface area contributed by atoms with Crippen LogP contribution in [0.1, 0.15) is 29.8 Å². The molecule has 3 aromatic heterocycles. The van der Waals surface area contributed by atoms with E-state index in [1.54, 1.807) is 12.7 Å². The molecule has 4 heterocycles. The number of aromatic nitrogens is 5. The van der Waals surface area contributed by atoms with E-state index in [9.17, 15) is 0 Å². The third-order valence-electron chi connectivity index (χ3n) is 5.19. The van der Waals surface area contributed by atoms with Gasteiger partial charge in [0.2, 0.25) is 5.88 Å². The van der Waals surface area contributed by atoms with Crippen LogP contribution in [0.25, 0.3) is 11.0 Å². The van der Waals surface area contributed by atoms with Crippen LogP contribution in [-0.2, 0) is 0 Å². The number of hydrogen-bond donors (Lipinski definition) is 1. The molecular weight excluding hydrogens is 328 g/mol. The average molecular weight is 352 g/mol. The number of fused-ring (bicyclic) bond motifs is 1. The van der Waals surface area contributed by atoms with Gasteiger partial charge in [0.15, 0.2) is 5.82 Å². The van der Waals surface area contributed by atoms with Crippen LogP contribution in [0.4, 0.5) is 5.82 Å². The van der Waals surface area contributed by atoms with Gasteiger partial charge in [-0.25, -0.2) is 19.9 Å². The van der Waals surface area contributed by atoms with Crippen molar-refractivity contribution < 1.29 is 4.74 Å². The zero-order valence-electron chi connectivity index (χ0n) is 15.5. The Morgan fingerprint density at radius 3 is 2.65 bits per heavy atom. The lowest BCUT2D eigenvalue weighted by Gasteiger charge is -2.32. The number of nitrogens with one attached hydrogen (secondary N) is 1. The van der Waals surface area contributed by atoms with Crippen molar-refractivity contribution in [1.82, 2.24) is 24.9 Å². The molecule has 3 aromatic rings. The van der Waals surface area contributed by atoms with Crippen molar-refractivity contribution in [3.8, 4) is 5.88 Å².